The standard InChI is InChI=1S/C46H64N2O10/c1-10-23-55-46-40(48(8)43(52)54-29-44(2,3)4)27-37(47-58-45(5,6)7)35-25-30(15-11-13-21-49)34(16-12-14-22-50)41(42(35)46)36-26-33(18-20-39(36)57-46)56-32-17-19-38(53-9)31(24-32)28-51/h10,17-20,24-26,28,30,34,40-42,49-50H,1,11-16,21-23,27,29H2,2-9H3/t30-,34+,40-,41+,42+,46+/m0/s1. The molecule has 318 valence electrons. The van der Waals surface area contributed by atoms with E-state index in [1.165, 1.54) is 7.11 Å². The molecule has 12 heteroatoms. The van der Waals surface area contributed by atoms with Crippen LogP contribution in [0.3, 0.4) is 0 Å². The van der Waals surface area contributed by atoms with Gasteiger partial charge in [-0.3, -0.25) is 4.79 Å². The highest BCUT2D eigenvalue weighted by molar-refractivity contribution is 6.03. The Kier molecular flexibility index (Phi) is 14.7. The van der Waals surface area contributed by atoms with Crippen molar-refractivity contribution in [2.24, 2.45) is 28.3 Å². The van der Waals surface area contributed by atoms with Crippen molar-refractivity contribution >= 4 is 18.1 Å². The van der Waals surface area contributed by atoms with Gasteiger partial charge in [0.25, 0.3) is 0 Å². The third kappa shape index (κ3) is 10.2. The van der Waals surface area contributed by atoms with Gasteiger partial charge in [0.15, 0.2) is 6.29 Å². The maximum atomic E-state index is 14.0. The Labute approximate surface area is 344 Å². The van der Waals surface area contributed by atoms with Gasteiger partial charge in [0, 0.05) is 38.2 Å². The van der Waals surface area contributed by atoms with Crippen LogP contribution >= 0.6 is 0 Å². The van der Waals surface area contributed by atoms with Crippen LogP contribution in [0.25, 0.3) is 0 Å². The van der Waals surface area contributed by atoms with E-state index in [2.05, 4.69) is 12.7 Å². The summed E-state index contributed by atoms with van der Waals surface area (Å²) < 4.78 is 31.8. The summed E-state index contributed by atoms with van der Waals surface area (Å²) in [5, 5.41) is 24.6. The number of aldehydes is 1. The van der Waals surface area contributed by atoms with Gasteiger partial charge in [-0.05, 0) is 106 Å². The maximum Gasteiger partial charge on any atom is 0.410 e. The molecule has 12 nitrogen and oxygen atoms in total. The number of aliphatic hydroxyl groups is 2. The number of carbonyl (C=O) groups excluding carboxylic acids is 2. The van der Waals surface area contributed by atoms with E-state index in [-0.39, 0.29) is 56.0 Å². The zero-order valence-corrected chi connectivity index (χ0v) is 35.6. The van der Waals surface area contributed by atoms with Crippen LogP contribution in [-0.4, -0.2) is 91.2 Å². The summed E-state index contributed by atoms with van der Waals surface area (Å²) in [5.74, 6) is 0.0329. The fraction of sp³-hybridized carbons (Fsp3) is 0.587. The number of likely N-dealkylation sites (N-methyl/N-ethyl adjacent to an activating group) is 1. The van der Waals surface area contributed by atoms with E-state index in [1.54, 1.807) is 36.2 Å². The van der Waals surface area contributed by atoms with E-state index in [4.69, 9.17) is 33.7 Å². The molecule has 1 aliphatic heterocycles. The van der Waals surface area contributed by atoms with Gasteiger partial charge in [-0.1, -0.05) is 50.9 Å². The molecule has 5 rings (SSSR count). The zero-order chi connectivity index (χ0) is 42.3. The minimum absolute atomic E-state index is 0.0351. The van der Waals surface area contributed by atoms with Crippen molar-refractivity contribution in [1.29, 1.82) is 0 Å². The number of rotatable bonds is 18. The predicted octanol–water partition coefficient (Wildman–Crippen LogP) is 8.85. The Morgan fingerprint density at radius 1 is 1.02 bits per heavy atom. The second-order valence-corrected chi connectivity index (χ2v) is 17.8. The van der Waals surface area contributed by atoms with Gasteiger partial charge in [0.1, 0.15) is 34.6 Å². The Bertz CT molecular complexity index is 1810. The number of hydrogen-bond acceptors (Lipinski definition) is 11. The molecule has 0 unspecified atom stereocenters. The lowest BCUT2D eigenvalue weighted by molar-refractivity contribution is -0.254. The predicted molar refractivity (Wildman–Crippen MR) is 223 cm³/mol. The molecule has 3 aliphatic rings. The Hall–Kier alpha value is -4.39. The Morgan fingerprint density at radius 3 is 2.34 bits per heavy atom. The summed E-state index contributed by atoms with van der Waals surface area (Å²) >= 11 is 0. The molecule has 1 amide bonds. The summed E-state index contributed by atoms with van der Waals surface area (Å²) in [6.07, 6.45) is 9.00. The maximum absolute atomic E-state index is 14.0. The summed E-state index contributed by atoms with van der Waals surface area (Å²) in [5.41, 5.74) is 2.05. The highest BCUT2D eigenvalue weighted by Gasteiger charge is 2.65. The average molecular weight is 805 g/mol. The lowest BCUT2D eigenvalue weighted by Crippen LogP contribution is -2.69. The monoisotopic (exact) mass is 804 g/mol. The van der Waals surface area contributed by atoms with Gasteiger partial charge in [-0.25, -0.2) is 4.79 Å². The normalized spacial score (nSPS) is 24.4. The topological polar surface area (TPSA) is 146 Å². The molecule has 6 atom stereocenters. The number of ether oxygens (including phenoxy) is 5. The van der Waals surface area contributed by atoms with Crippen LogP contribution in [0.15, 0.2) is 65.9 Å². The van der Waals surface area contributed by atoms with Crippen molar-refractivity contribution < 1.29 is 48.3 Å². The molecular weight excluding hydrogens is 741 g/mol. The first kappa shape index (κ1) is 44.7. The van der Waals surface area contributed by atoms with Gasteiger partial charge in [0.2, 0.25) is 5.79 Å². The summed E-state index contributed by atoms with van der Waals surface area (Å²) in [4.78, 5) is 33.7. The fourth-order valence-electron chi connectivity index (χ4n) is 8.49. The minimum Gasteiger partial charge on any atom is -0.496 e. The van der Waals surface area contributed by atoms with Crippen LogP contribution in [0.1, 0.15) is 108 Å². The second-order valence-electron chi connectivity index (χ2n) is 17.8. The van der Waals surface area contributed by atoms with E-state index >= 15 is 0 Å². The zero-order valence-electron chi connectivity index (χ0n) is 35.6. The minimum atomic E-state index is -1.41. The van der Waals surface area contributed by atoms with Crippen molar-refractivity contribution in [1.82, 2.24) is 4.90 Å². The van der Waals surface area contributed by atoms with Crippen LogP contribution in [-0.2, 0) is 14.3 Å². The first-order valence-corrected chi connectivity index (χ1v) is 20.6. The number of unbranched alkanes of at least 4 members (excludes halogenated alkanes) is 2. The van der Waals surface area contributed by atoms with E-state index in [9.17, 15) is 19.8 Å². The van der Waals surface area contributed by atoms with E-state index < -0.39 is 29.4 Å². The number of amides is 1. The summed E-state index contributed by atoms with van der Waals surface area (Å²) in [6.45, 7) is 16.4. The number of benzene rings is 2. The molecule has 0 bridgehead atoms. The average Bonchev–Trinajstić information content (AvgIpc) is 3.18. The fourth-order valence-corrected chi connectivity index (χ4v) is 8.49. The molecule has 2 N–H and O–H groups in total. The van der Waals surface area contributed by atoms with E-state index in [0.717, 1.165) is 43.1 Å². The smallest absolute Gasteiger partial charge is 0.410 e. The molecule has 1 fully saturated rings. The van der Waals surface area contributed by atoms with Gasteiger partial charge in [-0.2, -0.15) is 0 Å². The highest BCUT2D eigenvalue weighted by atomic mass is 16.7. The molecule has 2 aromatic carbocycles. The SMILES string of the molecule is C=CCO[C@@]12Oc3ccc(Oc4ccc(OC)c(C=O)c4)cc3[C@H]3[C@H](CCCCO)[C@@H](CCCCO)C=C(C(=NOC(C)(C)C)C[C@@H]1N(C)C(=O)OCC(C)(C)C)[C@H]32. The van der Waals surface area contributed by atoms with Gasteiger partial charge >= 0.3 is 6.09 Å². The van der Waals surface area contributed by atoms with Crippen LogP contribution in [0.4, 0.5) is 4.79 Å². The molecule has 0 radical (unpaired) electrons. The number of oxime groups is 1. The quantitative estimate of drug-likeness (QED) is 0.0649. The first-order valence-electron chi connectivity index (χ1n) is 20.6. The van der Waals surface area contributed by atoms with Crippen molar-refractivity contribution in [3.8, 4) is 23.0 Å². The molecule has 0 saturated heterocycles. The number of hydrogen-bond donors (Lipinski definition) is 2. The van der Waals surface area contributed by atoms with Crippen molar-refractivity contribution in [3.63, 3.8) is 0 Å². The molecule has 0 aromatic heterocycles. The van der Waals surface area contributed by atoms with Crippen molar-refractivity contribution in [3.05, 3.63) is 71.8 Å². The van der Waals surface area contributed by atoms with E-state index in [1.807, 2.05) is 59.7 Å². The third-order valence-corrected chi connectivity index (χ3v) is 11.0. The third-order valence-electron chi connectivity index (χ3n) is 11.0. The Balaban J connectivity index is 1.75. The number of allylic oxidation sites excluding steroid dienone is 1. The summed E-state index contributed by atoms with van der Waals surface area (Å²) in [6, 6.07) is 10.1. The number of aliphatic hydroxyl groups excluding tert-OH is 2. The van der Waals surface area contributed by atoms with Gasteiger partial charge in [0.05, 0.1) is 37.5 Å². The molecule has 0 spiro atoms. The molecular formula is C46H64N2O10. The van der Waals surface area contributed by atoms with Crippen molar-refractivity contribution in [2.75, 3.05) is 40.6 Å². The van der Waals surface area contributed by atoms with Crippen molar-refractivity contribution in [2.45, 2.75) is 110 Å². The lowest BCUT2D eigenvalue weighted by Gasteiger charge is -2.59. The molecule has 1 saturated carbocycles. The molecule has 2 aliphatic carbocycles. The Morgan fingerprint density at radius 2 is 1.71 bits per heavy atom. The number of methoxy groups -OCH3 is 1. The molecule has 2 aromatic rings. The van der Waals surface area contributed by atoms with Gasteiger partial charge < -0.3 is 43.6 Å². The number of carbonyl (C=O) groups is 2. The van der Waals surface area contributed by atoms with E-state index in [0.29, 0.717) is 47.1 Å². The summed E-state index contributed by atoms with van der Waals surface area (Å²) in [7, 11) is 3.23. The van der Waals surface area contributed by atoms with Crippen LogP contribution in [0.2, 0.25) is 0 Å². The number of fused-ring (bicyclic) bond motifs is 2. The van der Waals surface area contributed by atoms with Crippen LogP contribution in [0, 0.1) is 23.2 Å². The van der Waals surface area contributed by atoms with Crippen LogP contribution < -0.4 is 14.2 Å². The number of nitrogens with zero attached hydrogens (tertiary/aromatic N) is 2. The first-order chi connectivity index (χ1) is 27.6. The van der Waals surface area contributed by atoms with Gasteiger partial charge in [-0.15, -0.1) is 6.58 Å². The molecule has 58 heavy (non-hydrogen) atoms. The second kappa shape index (κ2) is 19.1. The largest absolute Gasteiger partial charge is 0.496 e. The lowest BCUT2D eigenvalue weighted by atomic mass is 9.55. The highest BCUT2D eigenvalue weighted by Crippen LogP contribution is 2.62. The molecule has 1 heterocycles. The van der Waals surface area contributed by atoms with Crippen LogP contribution in [0.5, 0.6) is 23.0 Å².